The molecule has 0 spiro atoms. The highest BCUT2D eigenvalue weighted by molar-refractivity contribution is 5.79. The van der Waals surface area contributed by atoms with Crippen LogP contribution in [0.15, 0.2) is 54.6 Å². The maximum Gasteiger partial charge on any atom is 0.224 e. The number of nitrogens with one attached hydrogen (secondary N) is 2. The second-order valence-electron chi connectivity index (χ2n) is 9.64. The number of halogens is 1. The first-order valence-corrected chi connectivity index (χ1v) is 12.8. The molecular weight excluding hydrogens is 445 g/mol. The van der Waals surface area contributed by atoms with E-state index in [4.69, 9.17) is 4.74 Å². The normalized spacial score (nSPS) is 18.7. The van der Waals surface area contributed by atoms with Crippen molar-refractivity contribution in [2.45, 2.75) is 50.6 Å². The Morgan fingerprint density at radius 3 is 2.46 bits per heavy atom. The van der Waals surface area contributed by atoms with E-state index < -0.39 is 0 Å². The van der Waals surface area contributed by atoms with E-state index in [1.165, 1.54) is 12.1 Å². The van der Waals surface area contributed by atoms with Crippen LogP contribution < -0.4 is 10.6 Å². The molecule has 0 aliphatic carbocycles. The molecule has 0 saturated carbocycles. The van der Waals surface area contributed by atoms with Crippen LogP contribution >= 0.6 is 0 Å². The molecule has 7 heteroatoms. The Labute approximate surface area is 207 Å². The van der Waals surface area contributed by atoms with Crippen molar-refractivity contribution in [3.63, 3.8) is 0 Å². The third-order valence-corrected chi connectivity index (χ3v) is 7.05. The highest BCUT2D eigenvalue weighted by atomic mass is 19.1. The van der Waals surface area contributed by atoms with Gasteiger partial charge in [0.25, 0.3) is 0 Å². The van der Waals surface area contributed by atoms with Gasteiger partial charge >= 0.3 is 0 Å². The smallest absolute Gasteiger partial charge is 0.224 e. The molecule has 0 aromatic heterocycles. The van der Waals surface area contributed by atoms with Gasteiger partial charge in [0.1, 0.15) is 5.82 Å². The lowest BCUT2D eigenvalue weighted by Gasteiger charge is -2.33. The maximum absolute atomic E-state index is 13.9. The molecule has 2 N–H and O–H groups in total. The van der Waals surface area contributed by atoms with Crippen molar-refractivity contribution in [3.05, 3.63) is 71.5 Å². The Kier molecular flexibility index (Phi) is 9.26. The van der Waals surface area contributed by atoms with Crippen LogP contribution in [0.2, 0.25) is 0 Å². The van der Waals surface area contributed by atoms with Crippen LogP contribution in [0.5, 0.6) is 0 Å². The minimum atomic E-state index is -0.292. The van der Waals surface area contributed by atoms with Crippen LogP contribution in [0.3, 0.4) is 0 Å². The summed E-state index contributed by atoms with van der Waals surface area (Å²) in [5.41, 5.74) is 1.82. The topological polar surface area (TPSA) is 70.7 Å². The van der Waals surface area contributed by atoms with Gasteiger partial charge in [0.2, 0.25) is 11.8 Å². The monoisotopic (exact) mass is 481 g/mol. The highest BCUT2D eigenvalue weighted by Gasteiger charge is 2.26. The summed E-state index contributed by atoms with van der Waals surface area (Å²) in [4.78, 5) is 27.6. The minimum absolute atomic E-state index is 0.0300. The predicted molar refractivity (Wildman–Crippen MR) is 133 cm³/mol. The summed E-state index contributed by atoms with van der Waals surface area (Å²) >= 11 is 0. The second-order valence-corrected chi connectivity index (χ2v) is 9.64. The number of ether oxygens (including phenoxy) is 1. The van der Waals surface area contributed by atoms with Crippen molar-refractivity contribution in [2.24, 2.45) is 5.92 Å². The molecule has 1 atom stereocenters. The predicted octanol–water partition coefficient (Wildman–Crippen LogP) is 3.62. The van der Waals surface area contributed by atoms with Crippen molar-refractivity contribution in [2.75, 3.05) is 32.8 Å². The molecule has 2 aliphatic rings. The Bertz CT molecular complexity index is 957. The van der Waals surface area contributed by atoms with Crippen LogP contribution in [0.1, 0.15) is 49.3 Å². The fourth-order valence-electron chi connectivity index (χ4n) is 4.97. The summed E-state index contributed by atoms with van der Waals surface area (Å²) < 4.78 is 19.3. The zero-order valence-corrected chi connectivity index (χ0v) is 20.3. The number of piperidine rings is 1. The van der Waals surface area contributed by atoms with E-state index in [0.29, 0.717) is 26.1 Å². The number of hydrogen-bond acceptors (Lipinski definition) is 4. The van der Waals surface area contributed by atoms with E-state index in [9.17, 15) is 14.0 Å². The number of likely N-dealkylation sites (tertiary alicyclic amines) is 1. The third-order valence-electron chi connectivity index (χ3n) is 7.05. The van der Waals surface area contributed by atoms with Crippen LogP contribution in [0, 0.1) is 11.7 Å². The van der Waals surface area contributed by atoms with Crippen molar-refractivity contribution >= 4 is 11.8 Å². The summed E-state index contributed by atoms with van der Waals surface area (Å²) in [6.07, 6.45) is 4.38. The summed E-state index contributed by atoms with van der Waals surface area (Å²) in [6.45, 7) is 3.80. The van der Waals surface area contributed by atoms with Crippen LogP contribution in [-0.4, -0.2) is 55.6 Å². The summed E-state index contributed by atoms with van der Waals surface area (Å²) in [6, 6.07) is 16.3. The fourth-order valence-corrected chi connectivity index (χ4v) is 4.97. The molecule has 188 valence electrons. The number of nitrogens with zero attached hydrogens (tertiary/aromatic N) is 1. The molecule has 2 saturated heterocycles. The average Bonchev–Trinajstić information content (AvgIpc) is 2.88. The van der Waals surface area contributed by atoms with Gasteiger partial charge in [-0.1, -0.05) is 42.5 Å². The van der Waals surface area contributed by atoms with E-state index in [2.05, 4.69) is 15.5 Å². The maximum atomic E-state index is 13.9. The van der Waals surface area contributed by atoms with E-state index in [0.717, 1.165) is 56.4 Å². The molecular formula is C28H36FN3O3. The number of carbonyl (C=O) groups excluding carboxylic acids is 2. The average molecular weight is 482 g/mol. The minimum Gasteiger partial charge on any atom is -0.381 e. The second kappa shape index (κ2) is 12.8. The standard InChI is InChI=1S/C28H36FN3O3/c29-24-8-4-7-23(20-24)26(31-28(34)22-12-17-35-18-13-22)11-16-32-14-9-25(10-15-32)30-27(33)19-21-5-2-1-3-6-21/h1-8,20,22,25-26H,9-19H2,(H,30,33)(H,31,34)/t26-/m0/s1. The Morgan fingerprint density at radius 1 is 1.00 bits per heavy atom. The van der Waals surface area contributed by atoms with Crippen molar-refractivity contribution in [1.82, 2.24) is 15.5 Å². The van der Waals surface area contributed by atoms with Crippen LogP contribution in [0.25, 0.3) is 0 Å². The molecule has 2 amide bonds. The van der Waals surface area contributed by atoms with Crippen molar-refractivity contribution in [3.8, 4) is 0 Å². The van der Waals surface area contributed by atoms with E-state index in [-0.39, 0.29) is 35.6 Å². The molecule has 2 fully saturated rings. The summed E-state index contributed by atoms with van der Waals surface area (Å²) in [5, 5.41) is 6.36. The molecule has 4 rings (SSSR count). The van der Waals surface area contributed by atoms with Gasteiger partial charge in [-0.05, 0) is 55.4 Å². The SMILES string of the molecule is O=C(Cc1ccccc1)NC1CCN(CC[C@H](NC(=O)C2CCOCC2)c2cccc(F)c2)CC1. The lowest BCUT2D eigenvalue weighted by atomic mass is 9.96. The number of amides is 2. The number of carbonyl (C=O) groups is 2. The first-order valence-electron chi connectivity index (χ1n) is 12.8. The van der Waals surface area contributed by atoms with E-state index in [1.54, 1.807) is 6.07 Å². The fraction of sp³-hybridized carbons (Fsp3) is 0.500. The van der Waals surface area contributed by atoms with Crippen LogP contribution in [-0.2, 0) is 20.7 Å². The molecule has 0 bridgehead atoms. The van der Waals surface area contributed by atoms with Crippen LogP contribution in [0.4, 0.5) is 4.39 Å². The number of rotatable bonds is 9. The molecule has 35 heavy (non-hydrogen) atoms. The zero-order chi connectivity index (χ0) is 24.5. The molecule has 2 aromatic carbocycles. The Balaban J connectivity index is 1.26. The van der Waals surface area contributed by atoms with Gasteiger partial charge in [-0.25, -0.2) is 4.39 Å². The zero-order valence-electron chi connectivity index (χ0n) is 20.3. The first kappa shape index (κ1) is 25.3. The Hall–Kier alpha value is -2.77. The first-order chi connectivity index (χ1) is 17.1. The molecule has 2 aliphatic heterocycles. The van der Waals surface area contributed by atoms with E-state index >= 15 is 0 Å². The van der Waals surface area contributed by atoms with Crippen molar-refractivity contribution in [1.29, 1.82) is 0 Å². The van der Waals surface area contributed by atoms with Gasteiger partial charge in [-0.15, -0.1) is 0 Å². The number of hydrogen-bond donors (Lipinski definition) is 2. The molecule has 6 nitrogen and oxygen atoms in total. The highest BCUT2D eigenvalue weighted by Crippen LogP contribution is 2.23. The third kappa shape index (κ3) is 7.87. The van der Waals surface area contributed by atoms with Gasteiger partial charge in [0, 0.05) is 44.8 Å². The van der Waals surface area contributed by atoms with Crippen molar-refractivity contribution < 1.29 is 18.7 Å². The number of benzene rings is 2. The summed E-state index contributed by atoms with van der Waals surface area (Å²) in [7, 11) is 0. The molecule has 0 unspecified atom stereocenters. The van der Waals surface area contributed by atoms with Gasteiger partial charge in [-0.2, -0.15) is 0 Å². The van der Waals surface area contributed by atoms with E-state index in [1.807, 2.05) is 36.4 Å². The van der Waals surface area contributed by atoms with Gasteiger partial charge in [-0.3, -0.25) is 9.59 Å². The Morgan fingerprint density at radius 2 is 1.74 bits per heavy atom. The lowest BCUT2D eigenvalue weighted by molar-refractivity contribution is -0.128. The quantitative estimate of drug-likeness (QED) is 0.574. The largest absolute Gasteiger partial charge is 0.381 e. The molecule has 2 heterocycles. The van der Waals surface area contributed by atoms with Gasteiger partial charge in [0.05, 0.1) is 12.5 Å². The van der Waals surface area contributed by atoms with Gasteiger partial charge < -0.3 is 20.3 Å². The lowest BCUT2D eigenvalue weighted by Crippen LogP contribution is -2.46. The van der Waals surface area contributed by atoms with Gasteiger partial charge in [0.15, 0.2) is 0 Å². The molecule has 2 aromatic rings. The molecule has 0 radical (unpaired) electrons. The summed E-state index contributed by atoms with van der Waals surface area (Å²) in [5.74, 6) is -0.242.